The highest BCUT2D eigenvalue weighted by Gasteiger charge is 2.37. The quantitative estimate of drug-likeness (QED) is 0.798. The van der Waals surface area contributed by atoms with Crippen molar-refractivity contribution in [2.75, 3.05) is 11.9 Å². The molecule has 0 fully saturated rings. The van der Waals surface area contributed by atoms with Crippen molar-refractivity contribution in [1.29, 1.82) is 0 Å². The van der Waals surface area contributed by atoms with Crippen LogP contribution in [0.4, 0.5) is 41.2 Å². The number of nitrogens with one attached hydrogen (secondary N) is 1. The number of alkyl halides is 6. The van der Waals surface area contributed by atoms with Gasteiger partial charge in [0, 0.05) is 11.8 Å². The Bertz CT molecular complexity index is 806. The van der Waals surface area contributed by atoms with Gasteiger partial charge in [-0.05, 0) is 18.2 Å². The van der Waals surface area contributed by atoms with E-state index in [1.165, 1.54) is 0 Å². The summed E-state index contributed by atoms with van der Waals surface area (Å²) in [4.78, 5) is 18.0. The molecule has 12 heteroatoms. The van der Waals surface area contributed by atoms with E-state index in [0.717, 1.165) is 30.6 Å². The minimum atomic E-state index is -5.05. The molecule has 1 N–H and O–H groups in total. The number of halogens is 7. The van der Waals surface area contributed by atoms with Gasteiger partial charge in [-0.15, -0.1) is 0 Å². The van der Waals surface area contributed by atoms with E-state index < -0.39 is 42.3 Å². The number of carbonyl (C=O) groups is 1. The van der Waals surface area contributed by atoms with Gasteiger partial charge in [0.05, 0.1) is 17.6 Å². The first-order valence-electron chi connectivity index (χ1n) is 6.65. The minimum Gasteiger partial charge on any atom is -0.440 e. The second kappa shape index (κ2) is 7.14. The summed E-state index contributed by atoms with van der Waals surface area (Å²) in [5.41, 5.74) is -2.89. The molecule has 0 aromatic carbocycles. The van der Waals surface area contributed by atoms with Gasteiger partial charge in [-0.1, -0.05) is 0 Å². The Kier molecular flexibility index (Phi) is 5.33. The Morgan fingerprint density at radius 2 is 1.81 bits per heavy atom. The molecule has 0 unspecified atom stereocenters. The van der Waals surface area contributed by atoms with Crippen LogP contribution in [0.2, 0.25) is 0 Å². The van der Waals surface area contributed by atoms with Crippen molar-refractivity contribution in [1.82, 2.24) is 9.97 Å². The van der Waals surface area contributed by atoms with E-state index in [4.69, 9.17) is 0 Å². The minimum absolute atomic E-state index is 0.0679. The zero-order valence-electron chi connectivity index (χ0n) is 12.5. The third-order valence-electron chi connectivity index (χ3n) is 2.77. The van der Waals surface area contributed by atoms with E-state index in [-0.39, 0.29) is 11.3 Å². The number of anilines is 1. The lowest BCUT2D eigenvalue weighted by atomic mass is 10.1. The van der Waals surface area contributed by atoms with E-state index in [1.807, 2.05) is 0 Å². The van der Waals surface area contributed by atoms with Crippen LogP contribution in [-0.4, -0.2) is 28.8 Å². The van der Waals surface area contributed by atoms with E-state index in [1.54, 1.807) is 5.32 Å². The maximum absolute atomic E-state index is 13.1. The molecule has 1 amide bonds. The summed E-state index contributed by atoms with van der Waals surface area (Å²) in [6, 6.07) is 2.65. The number of amides is 1. The molecule has 0 saturated carbocycles. The van der Waals surface area contributed by atoms with Crippen LogP contribution >= 0.6 is 0 Å². The number of ether oxygens (including phenoxy) is 1. The molecule has 0 bridgehead atoms. The number of carbonyl (C=O) groups excluding carboxylic acids is 1. The predicted molar refractivity (Wildman–Crippen MR) is 73.5 cm³/mol. The fourth-order valence-corrected chi connectivity index (χ4v) is 1.78. The van der Waals surface area contributed by atoms with E-state index in [2.05, 4.69) is 14.7 Å². The van der Waals surface area contributed by atoms with Crippen LogP contribution in [-0.2, 0) is 10.9 Å². The van der Waals surface area contributed by atoms with Gasteiger partial charge in [0.15, 0.2) is 12.3 Å². The first kappa shape index (κ1) is 19.4. The predicted octanol–water partition coefficient (Wildman–Crippen LogP) is 4.41. The first-order valence-corrected chi connectivity index (χ1v) is 6.65. The maximum Gasteiger partial charge on any atom is 0.435 e. The topological polar surface area (TPSA) is 64.1 Å². The molecule has 2 rings (SSSR count). The first-order chi connectivity index (χ1) is 12.0. The molecule has 0 saturated heterocycles. The molecule has 0 aliphatic carbocycles. The van der Waals surface area contributed by atoms with Gasteiger partial charge in [0.25, 0.3) is 0 Å². The molecule has 26 heavy (non-hydrogen) atoms. The molecule has 0 radical (unpaired) electrons. The number of aromatic nitrogens is 2. The highest BCUT2D eigenvalue weighted by Crippen LogP contribution is 2.35. The SMILES string of the molecule is O=C(Nc1ccc(-c2cncc(F)c2)nc1C(F)(F)F)OCC(F)(F)F. The zero-order valence-corrected chi connectivity index (χ0v) is 12.5. The van der Waals surface area contributed by atoms with E-state index >= 15 is 0 Å². The zero-order chi connectivity index (χ0) is 19.5. The number of hydrogen-bond donors (Lipinski definition) is 1. The molecular weight excluding hydrogens is 375 g/mol. The summed E-state index contributed by atoms with van der Waals surface area (Å²) in [7, 11) is 0. The van der Waals surface area contributed by atoms with Gasteiger partial charge >= 0.3 is 18.4 Å². The Morgan fingerprint density at radius 1 is 1.12 bits per heavy atom. The Hall–Kier alpha value is -2.92. The van der Waals surface area contributed by atoms with Crippen molar-refractivity contribution in [3.05, 3.63) is 42.1 Å². The van der Waals surface area contributed by atoms with Gasteiger partial charge < -0.3 is 4.74 Å². The largest absolute Gasteiger partial charge is 0.440 e. The maximum atomic E-state index is 13.1. The number of nitrogens with zero attached hydrogens (tertiary/aromatic N) is 2. The smallest absolute Gasteiger partial charge is 0.435 e. The molecule has 2 aromatic rings. The molecular formula is C14H8F7N3O2. The van der Waals surface area contributed by atoms with Crippen molar-refractivity contribution in [2.45, 2.75) is 12.4 Å². The standard InChI is InChI=1S/C14H8F7N3O2/c15-8-3-7(4-22-5-8)9-1-2-10(11(23-9)14(19,20)21)24-12(25)26-6-13(16,17)18/h1-5H,6H2,(H,24,25). The summed E-state index contributed by atoms with van der Waals surface area (Å²) in [5, 5.41) is 1.55. The normalized spacial score (nSPS) is 12.0. The van der Waals surface area contributed by atoms with Gasteiger partial charge in [0.2, 0.25) is 0 Å². The fraction of sp³-hybridized carbons (Fsp3) is 0.214. The summed E-state index contributed by atoms with van der Waals surface area (Å²) < 4.78 is 92.2. The average molecular weight is 383 g/mol. The third-order valence-corrected chi connectivity index (χ3v) is 2.77. The lowest BCUT2D eigenvalue weighted by Crippen LogP contribution is -2.24. The van der Waals surface area contributed by atoms with Gasteiger partial charge in [0.1, 0.15) is 5.82 Å². The van der Waals surface area contributed by atoms with Crippen LogP contribution in [0.3, 0.4) is 0 Å². The number of hydrogen-bond acceptors (Lipinski definition) is 4. The Morgan fingerprint density at radius 3 is 2.38 bits per heavy atom. The van der Waals surface area contributed by atoms with Crippen LogP contribution in [0.25, 0.3) is 11.3 Å². The molecule has 0 aliphatic heterocycles. The molecule has 0 spiro atoms. The Balaban J connectivity index is 2.31. The molecule has 140 valence electrons. The molecule has 0 aliphatic rings. The highest BCUT2D eigenvalue weighted by atomic mass is 19.4. The van der Waals surface area contributed by atoms with Crippen molar-refractivity contribution in [2.24, 2.45) is 0 Å². The third kappa shape index (κ3) is 5.29. The summed E-state index contributed by atoms with van der Waals surface area (Å²) >= 11 is 0. The van der Waals surface area contributed by atoms with Gasteiger partial charge in [-0.25, -0.2) is 14.2 Å². The lowest BCUT2D eigenvalue weighted by Gasteiger charge is -2.15. The van der Waals surface area contributed by atoms with Crippen molar-refractivity contribution < 1.29 is 40.3 Å². The highest BCUT2D eigenvalue weighted by molar-refractivity contribution is 5.85. The van der Waals surface area contributed by atoms with Crippen molar-refractivity contribution >= 4 is 11.8 Å². The molecule has 2 aromatic heterocycles. The van der Waals surface area contributed by atoms with Crippen LogP contribution in [0, 0.1) is 5.82 Å². The Labute approximate surface area is 140 Å². The van der Waals surface area contributed by atoms with E-state index in [0.29, 0.717) is 0 Å². The van der Waals surface area contributed by atoms with Crippen LogP contribution in [0.5, 0.6) is 0 Å². The second-order valence-corrected chi connectivity index (χ2v) is 4.80. The van der Waals surface area contributed by atoms with Crippen molar-refractivity contribution in [3.63, 3.8) is 0 Å². The fourth-order valence-electron chi connectivity index (χ4n) is 1.78. The summed E-state index contributed by atoms with van der Waals surface area (Å²) in [6.45, 7) is -1.97. The monoisotopic (exact) mass is 383 g/mol. The lowest BCUT2D eigenvalue weighted by molar-refractivity contribution is -0.159. The van der Waals surface area contributed by atoms with Gasteiger partial charge in [-0.2, -0.15) is 26.3 Å². The second-order valence-electron chi connectivity index (χ2n) is 4.80. The summed E-state index contributed by atoms with van der Waals surface area (Å²) in [6.07, 6.45) is -9.73. The van der Waals surface area contributed by atoms with Gasteiger partial charge in [-0.3, -0.25) is 10.3 Å². The summed E-state index contributed by atoms with van der Waals surface area (Å²) in [5.74, 6) is -0.809. The van der Waals surface area contributed by atoms with Crippen molar-refractivity contribution in [3.8, 4) is 11.3 Å². The number of rotatable bonds is 3. The van der Waals surface area contributed by atoms with Crippen LogP contribution < -0.4 is 5.32 Å². The molecule has 5 nitrogen and oxygen atoms in total. The van der Waals surface area contributed by atoms with E-state index in [9.17, 15) is 35.5 Å². The molecule has 0 atom stereocenters. The average Bonchev–Trinajstić information content (AvgIpc) is 2.51. The molecule has 2 heterocycles. The number of pyridine rings is 2. The van der Waals surface area contributed by atoms with Crippen LogP contribution in [0.1, 0.15) is 5.69 Å². The van der Waals surface area contributed by atoms with Crippen LogP contribution in [0.15, 0.2) is 30.6 Å².